The van der Waals surface area contributed by atoms with E-state index in [1.165, 1.54) is 7.05 Å². The number of hydrogen-bond donors (Lipinski definition) is 1. The van der Waals surface area contributed by atoms with Gasteiger partial charge in [0.2, 0.25) is 11.8 Å². The van der Waals surface area contributed by atoms with Crippen molar-refractivity contribution in [1.29, 1.82) is 0 Å². The first-order valence-electron chi connectivity index (χ1n) is 5.69. The summed E-state index contributed by atoms with van der Waals surface area (Å²) in [4.78, 5) is 36.5. The highest BCUT2D eigenvalue weighted by molar-refractivity contribution is 6.20. The average Bonchev–Trinajstić information content (AvgIpc) is 2.26. The summed E-state index contributed by atoms with van der Waals surface area (Å²) in [6.45, 7) is 5.51. The van der Waals surface area contributed by atoms with Crippen molar-refractivity contribution in [3.8, 4) is 0 Å². The van der Waals surface area contributed by atoms with Crippen LogP contribution in [0.5, 0.6) is 0 Å². The molecule has 1 aliphatic rings. The number of carbonyl (C=O) groups excluding carboxylic acids is 3. The minimum atomic E-state index is -1.27. The Hall–Kier alpha value is -1.65. The van der Waals surface area contributed by atoms with Crippen LogP contribution in [0.4, 0.5) is 4.79 Å². The zero-order valence-electron chi connectivity index (χ0n) is 10.6. The van der Waals surface area contributed by atoms with Crippen LogP contribution >= 0.6 is 0 Å². The Morgan fingerprint density at radius 1 is 1.35 bits per heavy atom. The van der Waals surface area contributed by atoms with Crippen LogP contribution in [-0.2, 0) is 9.59 Å². The second kappa shape index (κ2) is 4.69. The van der Waals surface area contributed by atoms with Crippen molar-refractivity contribution in [3.63, 3.8) is 0 Å². The minimum absolute atomic E-state index is 0.214. The summed E-state index contributed by atoms with van der Waals surface area (Å²) in [6, 6.07) is -0.666. The SMILES string of the molecule is CCC=CC1(C(C)C)C(=O)NC(=O)N(C)C1=O. The van der Waals surface area contributed by atoms with Crippen LogP contribution in [0.3, 0.4) is 0 Å². The molecule has 1 rings (SSSR count). The fraction of sp³-hybridized carbons (Fsp3) is 0.583. The highest BCUT2D eigenvalue weighted by Crippen LogP contribution is 2.34. The zero-order chi connectivity index (χ0) is 13.2. The molecule has 1 aliphatic heterocycles. The largest absolute Gasteiger partial charge is 0.330 e. The lowest BCUT2D eigenvalue weighted by molar-refractivity contribution is -0.149. The Labute approximate surface area is 101 Å². The van der Waals surface area contributed by atoms with Gasteiger partial charge in [-0.3, -0.25) is 19.8 Å². The molecule has 0 aromatic heterocycles. The molecule has 1 atom stereocenters. The normalized spacial score (nSPS) is 25.9. The lowest BCUT2D eigenvalue weighted by atomic mass is 9.73. The topological polar surface area (TPSA) is 66.5 Å². The van der Waals surface area contributed by atoms with Gasteiger partial charge >= 0.3 is 6.03 Å². The number of urea groups is 1. The van der Waals surface area contributed by atoms with Gasteiger partial charge in [0.25, 0.3) is 0 Å². The Kier molecular flexibility index (Phi) is 3.70. The Bertz CT molecular complexity index is 387. The van der Waals surface area contributed by atoms with Crippen molar-refractivity contribution < 1.29 is 14.4 Å². The van der Waals surface area contributed by atoms with Crippen molar-refractivity contribution >= 4 is 17.8 Å². The van der Waals surface area contributed by atoms with E-state index < -0.39 is 23.3 Å². The van der Waals surface area contributed by atoms with E-state index in [2.05, 4.69) is 5.32 Å². The molecule has 0 aromatic rings. The van der Waals surface area contributed by atoms with Crippen molar-refractivity contribution in [2.75, 3.05) is 7.05 Å². The predicted molar refractivity (Wildman–Crippen MR) is 63.0 cm³/mol. The smallest absolute Gasteiger partial charge is 0.276 e. The van der Waals surface area contributed by atoms with Gasteiger partial charge in [-0.2, -0.15) is 0 Å². The molecule has 0 aromatic carbocycles. The summed E-state index contributed by atoms with van der Waals surface area (Å²) in [5.41, 5.74) is -1.27. The molecule has 0 saturated carbocycles. The van der Waals surface area contributed by atoms with E-state index in [-0.39, 0.29) is 5.92 Å². The Balaban J connectivity index is 3.27. The van der Waals surface area contributed by atoms with Crippen LogP contribution < -0.4 is 5.32 Å². The molecule has 0 radical (unpaired) electrons. The highest BCUT2D eigenvalue weighted by atomic mass is 16.2. The number of imide groups is 2. The first-order chi connectivity index (χ1) is 7.87. The third kappa shape index (κ3) is 1.97. The summed E-state index contributed by atoms with van der Waals surface area (Å²) in [7, 11) is 1.38. The maximum atomic E-state index is 12.2. The van der Waals surface area contributed by atoms with Crippen molar-refractivity contribution in [2.45, 2.75) is 27.2 Å². The highest BCUT2D eigenvalue weighted by Gasteiger charge is 2.53. The maximum Gasteiger partial charge on any atom is 0.330 e. The molecular formula is C12H18N2O3. The van der Waals surface area contributed by atoms with Gasteiger partial charge in [-0.1, -0.05) is 32.9 Å². The molecular weight excluding hydrogens is 220 g/mol. The van der Waals surface area contributed by atoms with Crippen LogP contribution in [-0.4, -0.2) is 29.8 Å². The van der Waals surface area contributed by atoms with Gasteiger partial charge in [0.15, 0.2) is 0 Å². The number of amides is 4. The molecule has 5 nitrogen and oxygen atoms in total. The first kappa shape index (κ1) is 13.4. The Morgan fingerprint density at radius 3 is 2.41 bits per heavy atom. The second-order valence-corrected chi connectivity index (χ2v) is 4.46. The van der Waals surface area contributed by atoms with Gasteiger partial charge in [0.1, 0.15) is 5.41 Å². The lowest BCUT2D eigenvalue weighted by Gasteiger charge is -2.38. The van der Waals surface area contributed by atoms with Gasteiger partial charge in [0, 0.05) is 7.05 Å². The molecule has 1 N–H and O–H groups in total. The molecule has 1 heterocycles. The fourth-order valence-corrected chi connectivity index (χ4v) is 1.90. The minimum Gasteiger partial charge on any atom is -0.276 e. The summed E-state index contributed by atoms with van der Waals surface area (Å²) >= 11 is 0. The number of allylic oxidation sites excluding steroid dienone is 1. The van der Waals surface area contributed by atoms with E-state index in [4.69, 9.17) is 0 Å². The van der Waals surface area contributed by atoms with Gasteiger partial charge in [0.05, 0.1) is 0 Å². The molecule has 0 aliphatic carbocycles. The summed E-state index contributed by atoms with van der Waals surface area (Å²) in [5, 5.41) is 2.22. The molecule has 5 heteroatoms. The van der Waals surface area contributed by atoms with Gasteiger partial charge in [-0.25, -0.2) is 4.79 Å². The fourth-order valence-electron chi connectivity index (χ4n) is 1.90. The van der Waals surface area contributed by atoms with Gasteiger partial charge in [-0.15, -0.1) is 0 Å². The third-order valence-electron chi connectivity index (χ3n) is 3.09. The van der Waals surface area contributed by atoms with Crippen molar-refractivity contribution in [2.24, 2.45) is 11.3 Å². The van der Waals surface area contributed by atoms with Crippen LogP contribution in [0.25, 0.3) is 0 Å². The number of nitrogens with one attached hydrogen (secondary N) is 1. The number of hydrogen-bond acceptors (Lipinski definition) is 3. The third-order valence-corrected chi connectivity index (χ3v) is 3.09. The lowest BCUT2D eigenvalue weighted by Crippen LogP contribution is -2.63. The van der Waals surface area contributed by atoms with E-state index in [1.54, 1.807) is 26.0 Å². The van der Waals surface area contributed by atoms with E-state index >= 15 is 0 Å². The quantitative estimate of drug-likeness (QED) is 0.595. The van der Waals surface area contributed by atoms with E-state index in [1.807, 2.05) is 6.92 Å². The predicted octanol–water partition coefficient (Wildman–Crippen LogP) is 1.30. The first-order valence-corrected chi connectivity index (χ1v) is 5.69. The van der Waals surface area contributed by atoms with Crippen molar-refractivity contribution in [1.82, 2.24) is 10.2 Å². The van der Waals surface area contributed by atoms with Gasteiger partial charge in [-0.05, 0) is 12.3 Å². The van der Waals surface area contributed by atoms with Crippen LogP contribution in [0, 0.1) is 11.3 Å². The number of rotatable bonds is 3. The monoisotopic (exact) mass is 238 g/mol. The van der Waals surface area contributed by atoms with Crippen LogP contribution in [0.15, 0.2) is 12.2 Å². The number of barbiturate groups is 1. The summed E-state index contributed by atoms with van der Waals surface area (Å²) in [5.74, 6) is -1.22. The van der Waals surface area contributed by atoms with E-state index in [0.29, 0.717) is 0 Å². The molecule has 94 valence electrons. The average molecular weight is 238 g/mol. The summed E-state index contributed by atoms with van der Waals surface area (Å²) in [6.07, 6.45) is 4.12. The zero-order valence-corrected chi connectivity index (χ0v) is 10.6. The van der Waals surface area contributed by atoms with Crippen molar-refractivity contribution in [3.05, 3.63) is 12.2 Å². The second-order valence-electron chi connectivity index (χ2n) is 4.46. The molecule has 4 amide bonds. The van der Waals surface area contributed by atoms with Gasteiger partial charge < -0.3 is 0 Å². The maximum absolute atomic E-state index is 12.2. The molecule has 1 unspecified atom stereocenters. The summed E-state index contributed by atoms with van der Waals surface area (Å²) < 4.78 is 0. The van der Waals surface area contributed by atoms with E-state index in [9.17, 15) is 14.4 Å². The molecule has 17 heavy (non-hydrogen) atoms. The molecule has 0 bridgehead atoms. The number of carbonyl (C=O) groups is 3. The van der Waals surface area contributed by atoms with Crippen LogP contribution in [0.2, 0.25) is 0 Å². The molecule has 0 spiro atoms. The Morgan fingerprint density at radius 2 is 1.94 bits per heavy atom. The standard InChI is InChI=1S/C12H18N2O3/c1-5-6-7-12(8(2)3)9(15)13-11(17)14(4)10(12)16/h6-8H,5H2,1-4H3,(H,13,15,17). The molecule has 1 saturated heterocycles. The van der Waals surface area contributed by atoms with E-state index in [0.717, 1.165) is 11.3 Å². The number of nitrogens with zero attached hydrogens (tertiary/aromatic N) is 1. The molecule has 1 fully saturated rings. The van der Waals surface area contributed by atoms with Crippen LogP contribution in [0.1, 0.15) is 27.2 Å².